The summed E-state index contributed by atoms with van der Waals surface area (Å²) in [5, 5.41) is 5.10. The number of aromatic nitrogens is 2. The van der Waals surface area contributed by atoms with Gasteiger partial charge in [0.25, 0.3) is 5.56 Å². The number of pyridine rings is 1. The van der Waals surface area contributed by atoms with Gasteiger partial charge in [-0.3, -0.25) is 9.20 Å². The van der Waals surface area contributed by atoms with E-state index in [1.165, 1.54) is 16.5 Å². The van der Waals surface area contributed by atoms with Gasteiger partial charge in [0.15, 0.2) is 0 Å². The number of hydrogen-bond acceptors (Lipinski definition) is 1. The summed E-state index contributed by atoms with van der Waals surface area (Å²) in [7, 11) is 0. The molecule has 7 aromatic carbocycles. The van der Waals surface area contributed by atoms with Crippen LogP contribution in [-0.2, 0) is 0 Å². The highest BCUT2D eigenvalue weighted by molar-refractivity contribution is 6.27. The minimum Gasteiger partial charge on any atom is -0.305 e. The Hall–Kier alpha value is -6.19. The molecule has 10 rings (SSSR count). The zero-order valence-corrected chi connectivity index (χ0v) is 24.8. The predicted octanol–water partition coefficient (Wildman–Crippen LogP) is 10.6. The highest BCUT2D eigenvalue weighted by atomic mass is 16.1. The molecule has 3 heteroatoms. The first-order chi connectivity index (χ1) is 22.8. The van der Waals surface area contributed by atoms with Gasteiger partial charge in [-0.25, -0.2) is 0 Å². The van der Waals surface area contributed by atoms with E-state index in [9.17, 15) is 4.79 Å². The molecule has 0 amide bonds. The normalized spacial score (nSPS) is 12.0. The van der Waals surface area contributed by atoms with Gasteiger partial charge < -0.3 is 4.40 Å². The SMILES string of the molecule is O=c1c2ccccc2c2c(-c3ccccc3)cc3c4cc(-c5ccccc5)ccc4n4c5ccc(-c6ccccc6)cc5n1c2c34. The Morgan fingerprint density at radius 3 is 1.59 bits per heavy atom. The van der Waals surface area contributed by atoms with Gasteiger partial charge in [-0.2, -0.15) is 0 Å². The van der Waals surface area contributed by atoms with Crippen molar-refractivity contribution in [1.29, 1.82) is 0 Å². The van der Waals surface area contributed by atoms with Crippen molar-refractivity contribution in [3.05, 3.63) is 168 Å². The van der Waals surface area contributed by atoms with Gasteiger partial charge in [-0.1, -0.05) is 121 Å². The van der Waals surface area contributed by atoms with Crippen LogP contribution in [0.2, 0.25) is 0 Å². The van der Waals surface area contributed by atoms with Crippen molar-refractivity contribution in [3.8, 4) is 33.4 Å². The molecule has 214 valence electrons. The second-order valence-corrected chi connectivity index (χ2v) is 12.1. The Bertz CT molecular complexity index is 2850. The van der Waals surface area contributed by atoms with Crippen LogP contribution in [-0.4, -0.2) is 8.80 Å². The molecule has 0 atom stereocenters. The standard InChI is InChI=1S/C43H26N2O/c46-43-33-19-11-10-18-32(33)40-34(29-16-8-3-9-17-29)26-36-35-24-30(27-12-4-1-5-13-27)20-22-37(35)44-38-23-21-31(28-14-6-2-7-15-28)25-39(38)45(43)42(40)41(36)44/h1-26H. The van der Waals surface area contributed by atoms with Crippen LogP contribution >= 0.6 is 0 Å². The molecular formula is C43H26N2O. The summed E-state index contributed by atoms with van der Waals surface area (Å²) in [5.41, 5.74) is 11.9. The van der Waals surface area contributed by atoms with E-state index in [0.29, 0.717) is 0 Å². The monoisotopic (exact) mass is 586 g/mol. The molecule has 46 heavy (non-hydrogen) atoms. The van der Waals surface area contributed by atoms with Crippen molar-refractivity contribution in [3.63, 3.8) is 0 Å². The lowest BCUT2D eigenvalue weighted by Gasteiger charge is -2.19. The summed E-state index contributed by atoms with van der Waals surface area (Å²) in [6, 6.07) is 55.3. The minimum absolute atomic E-state index is 0.00236. The van der Waals surface area contributed by atoms with E-state index >= 15 is 0 Å². The van der Waals surface area contributed by atoms with Crippen molar-refractivity contribution in [2.45, 2.75) is 0 Å². The number of nitrogens with zero attached hydrogens (tertiary/aromatic N) is 2. The summed E-state index contributed by atoms with van der Waals surface area (Å²) in [4.78, 5) is 14.7. The third kappa shape index (κ3) is 3.40. The summed E-state index contributed by atoms with van der Waals surface area (Å²) >= 11 is 0. The molecule has 0 aliphatic carbocycles. The molecule has 0 aliphatic heterocycles. The van der Waals surface area contributed by atoms with Crippen LogP contribution in [0.1, 0.15) is 0 Å². The lowest BCUT2D eigenvalue weighted by atomic mass is 9.93. The molecule has 3 heterocycles. The van der Waals surface area contributed by atoms with Gasteiger partial charge in [0.05, 0.1) is 27.6 Å². The van der Waals surface area contributed by atoms with E-state index < -0.39 is 0 Å². The molecule has 0 unspecified atom stereocenters. The van der Waals surface area contributed by atoms with E-state index in [2.05, 4.69) is 138 Å². The number of hydrogen-bond donors (Lipinski definition) is 0. The first kappa shape index (κ1) is 25.2. The van der Waals surface area contributed by atoms with E-state index in [-0.39, 0.29) is 5.56 Å². The fourth-order valence-corrected chi connectivity index (χ4v) is 7.59. The first-order valence-corrected chi connectivity index (χ1v) is 15.7. The topological polar surface area (TPSA) is 25.9 Å². The van der Waals surface area contributed by atoms with Gasteiger partial charge in [-0.15, -0.1) is 0 Å². The number of fused-ring (bicyclic) bond motifs is 8. The molecule has 0 fully saturated rings. The predicted molar refractivity (Wildman–Crippen MR) is 192 cm³/mol. The van der Waals surface area contributed by atoms with Gasteiger partial charge in [0, 0.05) is 21.5 Å². The third-order valence-electron chi connectivity index (χ3n) is 9.64. The molecule has 0 bridgehead atoms. The molecule has 10 aromatic rings. The molecule has 0 spiro atoms. The zero-order valence-electron chi connectivity index (χ0n) is 24.8. The molecule has 0 saturated carbocycles. The Morgan fingerprint density at radius 1 is 0.348 bits per heavy atom. The average molecular weight is 587 g/mol. The summed E-state index contributed by atoms with van der Waals surface area (Å²) < 4.78 is 4.38. The second kappa shape index (κ2) is 9.40. The van der Waals surface area contributed by atoms with Gasteiger partial charge in [0.1, 0.15) is 0 Å². The molecule has 0 N–H and O–H groups in total. The Kier molecular flexibility index (Phi) is 5.15. The van der Waals surface area contributed by atoms with Crippen molar-refractivity contribution >= 4 is 54.5 Å². The van der Waals surface area contributed by atoms with Crippen LogP contribution in [0.25, 0.3) is 87.9 Å². The van der Waals surface area contributed by atoms with Crippen LogP contribution in [0.15, 0.2) is 163 Å². The van der Waals surface area contributed by atoms with E-state index in [1.54, 1.807) is 0 Å². The van der Waals surface area contributed by atoms with Crippen molar-refractivity contribution in [2.24, 2.45) is 0 Å². The summed E-state index contributed by atoms with van der Waals surface area (Å²) in [5.74, 6) is 0. The highest BCUT2D eigenvalue weighted by Crippen LogP contribution is 2.44. The van der Waals surface area contributed by atoms with Gasteiger partial charge in [-0.05, 0) is 75.2 Å². The lowest BCUT2D eigenvalue weighted by molar-refractivity contribution is 1.16. The van der Waals surface area contributed by atoms with Crippen molar-refractivity contribution in [2.75, 3.05) is 0 Å². The fourth-order valence-electron chi connectivity index (χ4n) is 7.59. The Balaban J connectivity index is 1.50. The number of benzene rings is 7. The first-order valence-electron chi connectivity index (χ1n) is 15.7. The lowest BCUT2D eigenvalue weighted by Crippen LogP contribution is -2.17. The van der Waals surface area contributed by atoms with Crippen LogP contribution < -0.4 is 5.56 Å². The van der Waals surface area contributed by atoms with Crippen LogP contribution in [0.4, 0.5) is 0 Å². The summed E-state index contributed by atoms with van der Waals surface area (Å²) in [6.45, 7) is 0. The quantitative estimate of drug-likeness (QED) is 0.149. The molecular weight excluding hydrogens is 560 g/mol. The van der Waals surface area contributed by atoms with E-state index in [0.717, 1.165) is 71.4 Å². The molecule has 3 nitrogen and oxygen atoms in total. The summed E-state index contributed by atoms with van der Waals surface area (Å²) in [6.07, 6.45) is 0. The average Bonchev–Trinajstić information content (AvgIpc) is 3.46. The van der Waals surface area contributed by atoms with Crippen molar-refractivity contribution < 1.29 is 0 Å². The Morgan fingerprint density at radius 2 is 0.913 bits per heavy atom. The van der Waals surface area contributed by atoms with Gasteiger partial charge >= 0.3 is 0 Å². The Labute approximate surface area is 264 Å². The smallest absolute Gasteiger partial charge is 0.263 e. The van der Waals surface area contributed by atoms with Gasteiger partial charge in [0.2, 0.25) is 0 Å². The highest BCUT2D eigenvalue weighted by Gasteiger charge is 2.24. The van der Waals surface area contributed by atoms with Crippen molar-refractivity contribution in [1.82, 2.24) is 8.80 Å². The van der Waals surface area contributed by atoms with Crippen LogP contribution in [0, 0.1) is 0 Å². The number of rotatable bonds is 3. The second-order valence-electron chi connectivity index (χ2n) is 12.1. The molecule has 0 radical (unpaired) electrons. The third-order valence-corrected chi connectivity index (χ3v) is 9.64. The largest absolute Gasteiger partial charge is 0.305 e. The van der Waals surface area contributed by atoms with E-state index in [1.807, 2.05) is 28.7 Å². The fraction of sp³-hybridized carbons (Fsp3) is 0. The molecule has 0 saturated heterocycles. The molecule has 3 aromatic heterocycles. The maximum absolute atomic E-state index is 14.7. The molecule has 0 aliphatic rings. The zero-order chi connectivity index (χ0) is 30.4. The minimum atomic E-state index is 0.00236. The maximum atomic E-state index is 14.7. The van der Waals surface area contributed by atoms with Crippen LogP contribution in [0.3, 0.4) is 0 Å². The van der Waals surface area contributed by atoms with E-state index in [4.69, 9.17) is 0 Å². The van der Waals surface area contributed by atoms with Crippen LogP contribution in [0.5, 0.6) is 0 Å². The maximum Gasteiger partial charge on any atom is 0.263 e.